The van der Waals surface area contributed by atoms with E-state index < -0.39 is 12.1 Å². The number of aromatic nitrogens is 1. The molecule has 1 aromatic rings. The second kappa shape index (κ2) is 4.57. The molecule has 1 atom stereocenters. The van der Waals surface area contributed by atoms with Crippen LogP contribution in [0.5, 0.6) is 0 Å². The largest absolute Gasteiger partial charge is 0.467 e. The molecule has 0 fully saturated rings. The van der Waals surface area contributed by atoms with Crippen LogP contribution in [0.2, 0.25) is 0 Å². The molecular formula is C9H12N2O3. The van der Waals surface area contributed by atoms with Crippen molar-refractivity contribution in [2.24, 2.45) is 0 Å². The van der Waals surface area contributed by atoms with Gasteiger partial charge in [0.15, 0.2) is 6.10 Å². The van der Waals surface area contributed by atoms with E-state index in [2.05, 4.69) is 9.72 Å². The van der Waals surface area contributed by atoms with Crippen molar-refractivity contribution in [3.63, 3.8) is 0 Å². The molecule has 0 saturated heterocycles. The third-order valence-electron chi connectivity index (χ3n) is 1.83. The number of ether oxygens (including phenoxy) is 1. The van der Waals surface area contributed by atoms with Gasteiger partial charge in [-0.05, 0) is 11.6 Å². The van der Waals surface area contributed by atoms with Crippen molar-refractivity contribution in [1.82, 2.24) is 4.98 Å². The predicted molar refractivity (Wildman–Crippen MR) is 50.4 cm³/mol. The summed E-state index contributed by atoms with van der Waals surface area (Å²) in [4.78, 5) is 14.7. The van der Waals surface area contributed by atoms with E-state index in [9.17, 15) is 9.90 Å². The molecule has 0 bridgehead atoms. The molecule has 3 N–H and O–H groups in total. The highest BCUT2D eigenvalue weighted by atomic mass is 16.5. The molecule has 1 unspecified atom stereocenters. The Labute approximate surface area is 81.5 Å². The van der Waals surface area contributed by atoms with Gasteiger partial charge in [0.2, 0.25) is 0 Å². The standard InChI is InChI=1S/C9H12N2O3/c1-14-9(13)8(12)4-6-5-11-3-2-7(6)10/h2-3,5,8,12H,4H2,1H3,(H2,10,11). The first-order valence-corrected chi connectivity index (χ1v) is 4.09. The van der Waals surface area contributed by atoms with Crippen molar-refractivity contribution in [2.45, 2.75) is 12.5 Å². The highest BCUT2D eigenvalue weighted by Crippen LogP contribution is 2.11. The molecule has 5 nitrogen and oxygen atoms in total. The molecule has 0 aromatic carbocycles. The summed E-state index contributed by atoms with van der Waals surface area (Å²) in [6.07, 6.45) is 1.99. The van der Waals surface area contributed by atoms with Gasteiger partial charge in [-0.15, -0.1) is 0 Å². The number of aliphatic hydroxyl groups excluding tert-OH is 1. The van der Waals surface area contributed by atoms with Gasteiger partial charge in [0.05, 0.1) is 7.11 Å². The van der Waals surface area contributed by atoms with E-state index >= 15 is 0 Å². The Morgan fingerprint density at radius 2 is 2.50 bits per heavy atom. The predicted octanol–water partition coefficient (Wildman–Crippen LogP) is -0.260. The highest BCUT2D eigenvalue weighted by Gasteiger charge is 2.16. The zero-order valence-electron chi connectivity index (χ0n) is 7.80. The molecule has 14 heavy (non-hydrogen) atoms. The number of carbonyl (C=O) groups excluding carboxylic acids is 1. The number of rotatable bonds is 3. The number of hydrogen-bond donors (Lipinski definition) is 2. The van der Waals surface area contributed by atoms with E-state index in [1.165, 1.54) is 13.3 Å². The number of nitrogen functional groups attached to an aromatic ring is 1. The molecule has 5 heteroatoms. The van der Waals surface area contributed by atoms with E-state index in [0.29, 0.717) is 11.3 Å². The van der Waals surface area contributed by atoms with Gasteiger partial charge in [0.1, 0.15) is 0 Å². The van der Waals surface area contributed by atoms with Crippen molar-refractivity contribution in [1.29, 1.82) is 0 Å². The Kier molecular flexibility index (Phi) is 3.41. The van der Waals surface area contributed by atoms with E-state index in [1.54, 1.807) is 12.3 Å². The van der Waals surface area contributed by atoms with E-state index in [4.69, 9.17) is 5.73 Å². The monoisotopic (exact) mass is 196 g/mol. The molecule has 0 aliphatic carbocycles. The van der Waals surface area contributed by atoms with Gasteiger partial charge in [-0.25, -0.2) is 4.79 Å². The first-order chi connectivity index (χ1) is 6.65. The molecule has 0 amide bonds. The fourth-order valence-corrected chi connectivity index (χ4v) is 1.04. The number of anilines is 1. The molecule has 0 radical (unpaired) electrons. The lowest BCUT2D eigenvalue weighted by atomic mass is 10.1. The molecular weight excluding hydrogens is 184 g/mol. The number of nitrogens with two attached hydrogens (primary N) is 1. The molecule has 0 saturated carbocycles. The van der Waals surface area contributed by atoms with Crippen LogP contribution < -0.4 is 5.73 Å². The second-order valence-corrected chi connectivity index (χ2v) is 2.82. The van der Waals surface area contributed by atoms with Gasteiger partial charge < -0.3 is 15.6 Å². The molecule has 0 aliphatic rings. The van der Waals surface area contributed by atoms with Crippen molar-refractivity contribution in [3.8, 4) is 0 Å². The summed E-state index contributed by atoms with van der Waals surface area (Å²) >= 11 is 0. The second-order valence-electron chi connectivity index (χ2n) is 2.82. The number of carbonyl (C=O) groups is 1. The number of pyridine rings is 1. The Bertz CT molecular complexity index is 328. The Hall–Kier alpha value is -1.62. The summed E-state index contributed by atoms with van der Waals surface area (Å²) in [7, 11) is 1.22. The van der Waals surface area contributed by atoms with Crippen LogP contribution in [-0.2, 0) is 16.0 Å². The lowest BCUT2D eigenvalue weighted by Crippen LogP contribution is -2.24. The molecule has 1 aromatic heterocycles. The lowest BCUT2D eigenvalue weighted by molar-refractivity contribution is -0.150. The van der Waals surface area contributed by atoms with Crippen LogP contribution >= 0.6 is 0 Å². The Balaban J connectivity index is 2.69. The molecule has 1 rings (SSSR count). The quantitative estimate of drug-likeness (QED) is 0.650. The third-order valence-corrected chi connectivity index (χ3v) is 1.83. The maximum Gasteiger partial charge on any atom is 0.335 e. The fraction of sp³-hybridized carbons (Fsp3) is 0.333. The zero-order chi connectivity index (χ0) is 10.6. The number of hydrogen-bond acceptors (Lipinski definition) is 5. The van der Waals surface area contributed by atoms with Crippen LogP contribution in [0.15, 0.2) is 18.5 Å². The average molecular weight is 196 g/mol. The van der Waals surface area contributed by atoms with Gasteiger partial charge in [-0.3, -0.25) is 4.98 Å². The van der Waals surface area contributed by atoms with Crippen LogP contribution in [0.25, 0.3) is 0 Å². The lowest BCUT2D eigenvalue weighted by Gasteiger charge is -2.09. The van der Waals surface area contributed by atoms with Crippen molar-refractivity contribution < 1.29 is 14.6 Å². The van der Waals surface area contributed by atoms with Crippen LogP contribution in [0.4, 0.5) is 5.69 Å². The Morgan fingerprint density at radius 3 is 3.07 bits per heavy atom. The van der Waals surface area contributed by atoms with Crippen molar-refractivity contribution in [2.75, 3.05) is 12.8 Å². The van der Waals surface area contributed by atoms with Gasteiger partial charge >= 0.3 is 5.97 Å². The minimum absolute atomic E-state index is 0.117. The first-order valence-electron chi connectivity index (χ1n) is 4.09. The molecule has 1 heterocycles. The van der Waals surface area contributed by atoms with Crippen molar-refractivity contribution in [3.05, 3.63) is 24.0 Å². The number of aliphatic hydroxyl groups is 1. The Morgan fingerprint density at radius 1 is 1.79 bits per heavy atom. The fourth-order valence-electron chi connectivity index (χ4n) is 1.04. The normalized spacial score (nSPS) is 12.1. The zero-order valence-corrected chi connectivity index (χ0v) is 7.80. The SMILES string of the molecule is COC(=O)C(O)Cc1cnccc1N. The van der Waals surface area contributed by atoms with E-state index in [-0.39, 0.29) is 6.42 Å². The third kappa shape index (κ3) is 2.43. The van der Waals surface area contributed by atoms with E-state index in [0.717, 1.165) is 0 Å². The number of methoxy groups -OCH3 is 1. The number of nitrogens with zero attached hydrogens (tertiary/aromatic N) is 1. The van der Waals surface area contributed by atoms with Crippen LogP contribution in [0.1, 0.15) is 5.56 Å². The molecule has 76 valence electrons. The summed E-state index contributed by atoms with van der Waals surface area (Å²) in [5.74, 6) is -0.673. The molecule has 0 aliphatic heterocycles. The summed E-state index contributed by atoms with van der Waals surface area (Å²) in [6, 6.07) is 1.61. The highest BCUT2D eigenvalue weighted by molar-refractivity contribution is 5.74. The van der Waals surface area contributed by atoms with Gasteiger partial charge in [0.25, 0.3) is 0 Å². The van der Waals surface area contributed by atoms with Gasteiger partial charge in [0, 0.05) is 24.5 Å². The maximum absolute atomic E-state index is 10.9. The maximum atomic E-state index is 10.9. The van der Waals surface area contributed by atoms with Crippen molar-refractivity contribution >= 4 is 11.7 Å². The minimum Gasteiger partial charge on any atom is -0.467 e. The average Bonchev–Trinajstić information content (AvgIpc) is 2.20. The van der Waals surface area contributed by atoms with Crippen LogP contribution in [-0.4, -0.2) is 29.3 Å². The van der Waals surface area contributed by atoms with Crippen LogP contribution in [0.3, 0.4) is 0 Å². The van der Waals surface area contributed by atoms with Gasteiger partial charge in [-0.2, -0.15) is 0 Å². The van der Waals surface area contributed by atoms with Crippen LogP contribution in [0, 0.1) is 0 Å². The summed E-state index contributed by atoms with van der Waals surface area (Å²) in [6.45, 7) is 0. The van der Waals surface area contributed by atoms with Gasteiger partial charge in [-0.1, -0.05) is 0 Å². The summed E-state index contributed by atoms with van der Waals surface area (Å²) < 4.78 is 4.37. The summed E-state index contributed by atoms with van der Waals surface area (Å²) in [5.41, 5.74) is 6.74. The van der Waals surface area contributed by atoms with E-state index in [1.807, 2.05) is 0 Å². The minimum atomic E-state index is -1.19. The first kappa shape index (κ1) is 10.5. The summed E-state index contributed by atoms with van der Waals surface area (Å²) in [5, 5.41) is 9.34. The number of esters is 1. The smallest absolute Gasteiger partial charge is 0.335 e. The molecule has 0 spiro atoms. The topological polar surface area (TPSA) is 85.4 Å².